The van der Waals surface area contributed by atoms with Gasteiger partial charge in [0.25, 0.3) is 5.91 Å². The maximum absolute atomic E-state index is 12.9. The molecule has 0 aliphatic heterocycles. The van der Waals surface area contributed by atoms with Crippen molar-refractivity contribution < 1.29 is 18.0 Å². The number of imidazole rings is 1. The Hall–Kier alpha value is -2.91. The predicted molar refractivity (Wildman–Crippen MR) is 99.5 cm³/mol. The third kappa shape index (κ3) is 4.57. The Morgan fingerprint density at radius 1 is 1.24 bits per heavy atom. The van der Waals surface area contributed by atoms with E-state index in [4.69, 9.17) is 0 Å². The first-order valence-electron chi connectivity index (χ1n) is 9.60. The second-order valence-electron chi connectivity index (χ2n) is 7.43. The summed E-state index contributed by atoms with van der Waals surface area (Å²) >= 11 is 0. The van der Waals surface area contributed by atoms with Crippen LogP contribution in [0.15, 0.2) is 31.0 Å². The fourth-order valence-corrected chi connectivity index (χ4v) is 3.81. The van der Waals surface area contributed by atoms with Crippen molar-refractivity contribution in [2.75, 3.05) is 0 Å². The number of aromatic nitrogens is 5. The molecule has 4 rings (SSSR count). The van der Waals surface area contributed by atoms with Gasteiger partial charge in [0.1, 0.15) is 6.33 Å². The third-order valence-electron chi connectivity index (χ3n) is 5.36. The van der Waals surface area contributed by atoms with Crippen molar-refractivity contribution in [1.29, 1.82) is 0 Å². The van der Waals surface area contributed by atoms with E-state index in [-0.39, 0.29) is 30.0 Å². The molecule has 3 aromatic rings. The van der Waals surface area contributed by atoms with Gasteiger partial charge in [-0.1, -0.05) is 0 Å². The van der Waals surface area contributed by atoms with E-state index in [1.807, 2.05) is 0 Å². The van der Waals surface area contributed by atoms with Gasteiger partial charge in [0.15, 0.2) is 5.69 Å². The first-order valence-corrected chi connectivity index (χ1v) is 9.60. The van der Waals surface area contributed by atoms with Crippen LogP contribution in [0.25, 0.3) is 17.0 Å². The predicted octanol–water partition coefficient (Wildman–Crippen LogP) is 3.77. The van der Waals surface area contributed by atoms with Crippen LogP contribution < -0.4 is 5.32 Å². The number of halogens is 3. The molecule has 10 heteroatoms. The first-order chi connectivity index (χ1) is 13.9. The first kappa shape index (κ1) is 19.4. The molecule has 0 atom stereocenters. The highest BCUT2D eigenvalue weighted by Gasteiger charge is 2.30. The van der Waals surface area contributed by atoms with Gasteiger partial charge in [0.05, 0.1) is 11.0 Å². The Bertz CT molecular complexity index is 974. The number of amides is 1. The molecular formula is C19H21F3N6O. The summed E-state index contributed by atoms with van der Waals surface area (Å²) in [5, 5.41) is 2.99. The molecule has 1 aliphatic rings. The highest BCUT2D eigenvalue weighted by atomic mass is 19.4. The SMILES string of the molecule is O=C(NC1CCC(CCC(F)(F)F)CC1)c1nc(-n2ccnc2)nc2cc[nH]c12. The third-order valence-corrected chi connectivity index (χ3v) is 5.36. The molecule has 0 spiro atoms. The van der Waals surface area contributed by atoms with E-state index in [0.717, 1.165) is 0 Å². The standard InChI is InChI=1S/C19H21F3N6O/c20-19(21,22)7-5-12-1-3-13(4-2-12)25-17(29)16-15-14(6-8-24-15)26-18(27-16)28-10-9-23-11-28/h6,8-13,24H,1-5,7H2,(H,25,29). The molecule has 0 unspecified atom stereocenters. The second-order valence-corrected chi connectivity index (χ2v) is 7.43. The summed E-state index contributed by atoms with van der Waals surface area (Å²) < 4.78 is 38.8. The van der Waals surface area contributed by atoms with Crippen molar-refractivity contribution in [3.8, 4) is 5.95 Å². The number of alkyl halides is 3. The van der Waals surface area contributed by atoms with Crippen molar-refractivity contribution in [3.05, 3.63) is 36.7 Å². The van der Waals surface area contributed by atoms with Crippen molar-refractivity contribution in [3.63, 3.8) is 0 Å². The minimum atomic E-state index is -4.10. The lowest BCUT2D eigenvalue weighted by atomic mass is 9.83. The molecule has 1 saturated carbocycles. The van der Waals surface area contributed by atoms with E-state index in [9.17, 15) is 18.0 Å². The summed E-state index contributed by atoms with van der Waals surface area (Å²) in [5.74, 6) is 0.0855. The summed E-state index contributed by atoms with van der Waals surface area (Å²) in [5.41, 5.74) is 1.40. The van der Waals surface area contributed by atoms with Gasteiger partial charge >= 0.3 is 6.18 Å². The molecule has 154 valence electrons. The fraction of sp³-hybridized carbons (Fsp3) is 0.474. The van der Waals surface area contributed by atoms with E-state index in [0.29, 0.717) is 42.7 Å². The maximum Gasteiger partial charge on any atom is 0.389 e. The van der Waals surface area contributed by atoms with E-state index >= 15 is 0 Å². The van der Waals surface area contributed by atoms with Gasteiger partial charge in [0, 0.05) is 31.1 Å². The van der Waals surface area contributed by atoms with Gasteiger partial charge in [-0.3, -0.25) is 9.36 Å². The number of hydrogen-bond donors (Lipinski definition) is 2. The van der Waals surface area contributed by atoms with Crippen LogP contribution in [0.4, 0.5) is 13.2 Å². The van der Waals surface area contributed by atoms with Crippen LogP contribution in [0, 0.1) is 5.92 Å². The van der Waals surface area contributed by atoms with Gasteiger partial charge in [-0.25, -0.2) is 15.0 Å². The molecule has 1 aliphatic carbocycles. The van der Waals surface area contributed by atoms with E-state index in [2.05, 4.69) is 25.3 Å². The minimum absolute atomic E-state index is 0.0618. The van der Waals surface area contributed by atoms with Gasteiger partial charge in [0.2, 0.25) is 5.95 Å². The zero-order valence-electron chi connectivity index (χ0n) is 15.6. The number of hydrogen-bond acceptors (Lipinski definition) is 4. The second kappa shape index (κ2) is 7.84. The van der Waals surface area contributed by atoms with Gasteiger partial charge < -0.3 is 10.3 Å². The summed E-state index contributed by atoms with van der Waals surface area (Å²) in [7, 11) is 0. The minimum Gasteiger partial charge on any atom is -0.358 e. The van der Waals surface area contributed by atoms with Crippen LogP contribution >= 0.6 is 0 Å². The summed E-state index contributed by atoms with van der Waals surface area (Å²) in [6.07, 6.45) is 4.56. The monoisotopic (exact) mass is 406 g/mol. The smallest absolute Gasteiger partial charge is 0.358 e. The number of nitrogens with one attached hydrogen (secondary N) is 2. The molecule has 0 bridgehead atoms. The van der Waals surface area contributed by atoms with Crippen LogP contribution in [0.1, 0.15) is 49.0 Å². The summed E-state index contributed by atoms with van der Waals surface area (Å²) in [4.78, 5) is 28.7. The molecule has 0 aromatic carbocycles. The van der Waals surface area contributed by atoms with E-state index in [1.54, 1.807) is 35.6 Å². The normalized spacial score (nSPS) is 20.1. The number of aromatic amines is 1. The average molecular weight is 406 g/mol. The molecule has 2 N–H and O–H groups in total. The molecule has 3 heterocycles. The Kier molecular flexibility index (Phi) is 5.25. The van der Waals surface area contributed by atoms with Crippen LogP contribution in [0.5, 0.6) is 0 Å². The number of fused-ring (bicyclic) bond motifs is 1. The molecule has 7 nitrogen and oxygen atoms in total. The molecule has 3 aromatic heterocycles. The average Bonchev–Trinajstić information content (AvgIpc) is 3.37. The highest BCUT2D eigenvalue weighted by molar-refractivity contribution is 6.03. The molecule has 29 heavy (non-hydrogen) atoms. The topological polar surface area (TPSA) is 88.5 Å². The van der Waals surface area contributed by atoms with Crippen molar-refractivity contribution in [2.24, 2.45) is 5.92 Å². The van der Waals surface area contributed by atoms with Crippen molar-refractivity contribution >= 4 is 16.9 Å². The van der Waals surface area contributed by atoms with E-state index < -0.39 is 12.6 Å². The number of H-pyrrole nitrogens is 1. The number of nitrogens with zero attached hydrogens (tertiary/aromatic N) is 4. The van der Waals surface area contributed by atoms with Crippen molar-refractivity contribution in [1.82, 2.24) is 29.8 Å². The summed E-state index contributed by atoms with van der Waals surface area (Å²) in [6, 6.07) is 1.70. The Labute approximate surface area is 164 Å². The Morgan fingerprint density at radius 2 is 2.03 bits per heavy atom. The number of carbonyl (C=O) groups is 1. The Morgan fingerprint density at radius 3 is 2.72 bits per heavy atom. The van der Waals surface area contributed by atoms with Crippen LogP contribution in [-0.2, 0) is 0 Å². The van der Waals surface area contributed by atoms with Crippen molar-refractivity contribution in [2.45, 2.75) is 50.7 Å². The molecular weight excluding hydrogens is 385 g/mol. The fourth-order valence-electron chi connectivity index (χ4n) is 3.81. The van der Waals surface area contributed by atoms with Gasteiger partial charge in [-0.15, -0.1) is 0 Å². The zero-order valence-corrected chi connectivity index (χ0v) is 15.6. The van der Waals surface area contributed by atoms with E-state index in [1.165, 1.54) is 0 Å². The van der Waals surface area contributed by atoms with Crippen LogP contribution in [0.3, 0.4) is 0 Å². The molecule has 1 fully saturated rings. The maximum atomic E-state index is 12.9. The lowest BCUT2D eigenvalue weighted by Crippen LogP contribution is -2.38. The summed E-state index contributed by atoms with van der Waals surface area (Å²) in [6.45, 7) is 0. The molecule has 0 radical (unpaired) electrons. The largest absolute Gasteiger partial charge is 0.389 e. The van der Waals surface area contributed by atoms with Crippen LogP contribution in [-0.4, -0.2) is 42.6 Å². The highest BCUT2D eigenvalue weighted by Crippen LogP contribution is 2.32. The van der Waals surface area contributed by atoms with Crippen LogP contribution in [0.2, 0.25) is 0 Å². The molecule has 1 amide bonds. The quantitative estimate of drug-likeness (QED) is 0.675. The molecule has 0 saturated heterocycles. The zero-order chi connectivity index (χ0) is 20.4. The Balaban J connectivity index is 1.43. The lowest BCUT2D eigenvalue weighted by Gasteiger charge is -2.29. The van der Waals surface area contributed by atoms with Gasteiger partial charge in [-0.05, 0) is 44.1 Å². The number of rotatable bonds is 5. The van der Waals surface area contributed by atoms with Gasteiger partial charge in [-0.2, -0.15) is 13.2 Å². The lowest BCUT2D eigenvalue weighted by molar-refractivity contribution is -0.138. The number of carbonyl (C=O) groups excluding carboxylic acids is 1.